The van der Waals surface area contributed by atoms with Crippen molar-refractivity contribution in [1.82, 2.24) is 10.2 Å². The first-order chi connectivity index (χ1) is 8.71. The summed E-state index contributed by atoms with van der Waals surface area (Å²) in [6.07, 6.45) is 0. The van der Waals surface area contributed by atoms with E-state index in [4.69, 9.17) is 0 Å². The van der Waals surface area contributed by atoms with Crippen LogP contribution in [0.1, 0.15) is 32.4 Å². The molecule has 1 aromatic carbocycles. The molecule has 0 aliphatic heterocycles. The lowest BCUT2D eigenvalue weighted by Gasteiger charge is -2.17. The molecule has 0 heterocycles. The van der Waals surface area contributed by atoms with Gasteiger partial charge in [0.1, 0.15) is 0 Å². The summed E-state index contributed by atoms with van der Waals surface area (Å²) in [6.45, 7) is 10.1. The highest BCUT2D eigenvalue weighted by atomic mass is 32.2. The van der Waals surface area contributed by atoms with Crippen LogP contribution in [0.2, 0.25) is 0 Å². The van der Waals surface area contributed by atoms with E-state index in [-0.39, 0.29) is 0 Å². The van der Waals surface area contributed by atoms with Gasteiger partial charge in [-0.3, -0.25) is 0 Å². The van der Waals surface area contributed by atoms with Gasteiger partial charge in [-0.05, 0) is 44.8 Å². The summed E-state index contributed by atoms with van der Waals surface area (Å²) in [4.78, 5) is 3.84. The Hall–Kier alpha value is -0.510. The minimum absolute atomic E-state index is 0.424. The van der Waals surface area contributed by atoms with Crippen LogP contribution in [0.5, 0.6) is 0 Å². The standard InChI is InChI=1S/C15H26N2S/c1-5-17(6-2)10-11-18-15-9-7-8-14(12-15)13(3)16-4/h7-9,12-13,16H,5-6,10-11H2,1-4H3. The van der Waals surface area contributed by atoms with Crippen molar-refractivity contribution in [3.63, 3.8) is 0 Å². The fourth-order valence-corrected chi connectivity index (χ4v) is 2.85. The van der Waals surface area contributed by atoms with Gasteiger partial charge in [0.15, 0.2) is 0 Å². The molecule has 0 fully saturated rings. The monoisotopic (exact) mass is 266 g/mol. The fraction of sp³-hybridized carbons (Fsp3) is 0.600. The van der Waals surface area contributed by atoms with Crippen LogP contribution < -0.4 is 5.32 Å². The maximum Gasteiger partial charge on any atom is 0.0289 e. The number of hydrogen-bond donors (Lipinski definition) is 1. The van der Waals surface area contributed by atoms with E-state index in [0.717, 1.165) is 13.1 Å². The predicted octanol–water partition coefficient (Wildman–Crippen LogP) is 3.40. The van der Waals surface area contributed by atoms with Gasteiger partial charge in [-0.25, -0.2) is 0 Å². The molecule has 1 atom stereocenters. The number of benzene rings is 1. The Morgan fingerprint density at radius 2 is 2.00 bits per heavy atom. The summed E-state index contributed by atoms with van der Waals surface area (Å²) in [6, 6.07) is 9.28. The molecule has 2 nitrogen and oxygen atoms in total. The molecule has 0 radical (unpaired) electrons. The molecule has 102 valence electrons. The molecule has 0 aliphatic rings. The molecule has 1 unspecified atom stereocenters. The molecule has 3 heteroatoms. The van der Waals surface area contributed by atoms with Crippen molar-refractivity contribution in [2.45, 2.75) is 31.7 Å². The highest BCUT2D eigenvalue weighted by Gasteiger charge is 2.04. The van der Waals surface area contributed by atoms with Crippen LogP contribution in [0.4, 0.5) is 0 Å². The summed E-state index contributed by atoms with van der Waals surface area (Å²) in [5.74, 6) is 1.17. The van der Waals surface area contributed by atoms with Crippen LogP contribution in [0, 0.1) is 0 Å². The summed E-state index contributed by atoms with van der Waals surface area (Å²) in [5, 5.41) is 3.28. The number of nitrogens with one attached hydrogen (secondary N) is 1. The number of hydrogen-bond acceptors (Lipinski definition) is 3. The second-order valence-corrected chi connectivity index (χ2v) is 5.63. The Morgan fingerprint density at radius 1 is 1.28 bits per heavy atom. The van der Waals surface area contributed by atoms with E-state index in [1.807, 2.05) is 18.8 Å². The van der Waals surface area contributed by atoms with Gasteiger partial charge in [0.2, 0.25) is 0 Å². The Balaban J connectivity index is 2.47. The third kappa shape index (κ3) is 5.01. The minimum Gasteiger partial charge on any atom is -0.313 e. The zero-order chi connectivity index (χ0) is 13.4. The van der Waals surface area contributed by atoms with E-state index in [9.17, 15) is 0 Å². The maximum atomic E-state index is 3.28. The summed E-state index contributed by atoms with van der Waals surface area (Å²) < 4.78 is 0. The Bertz CT molecular complexity index is 337. The van der Waals surface area contributed by atoms with E-state index in [1.54, 1.807) is 0 Å². The zero-order valence-electron chi connectivity index (χ0n) is 12.1. The summed E-state index contributed by atoms with van der Waals surface area (Å²) in [7, 11) is 2.00. The SMILES string of the molecule is CCN(CC)CCSc1cccc(C(C)NC)c1. The highest BCUT2D eigenvalue weighted by Crippen LogP contribution is 2.22. The van der Waals surface area contributed by atoms with Crippen molar-refractivity contribution in [2.24, 2.45) is 0 Å². The first-order valence-corrected chi connectivity index (χ1v) is 7.82. The topological polar surface area (TPSA) is 15.3 Å². The fourth-order valence-electron chi connectivity index (χ4n) is 1.87. The van der Waals surface area contributed by atoms with Crippen molar-refractivity contribution in [3.05, 3.63) is 29.8 Å². The van der Waals surface area contributed by atoms with Gasteiger partial charge in [0, 0.05) is 23.2 Å². The minimum atomic E-state index is 0.424. The van der Waals surface area contributed by atoms with Crippen LogP contribution in [0.3, 0.4) is 0 Å². The van der Waals surface area contributed by atoms with E-state index in [1.165, 1.54) is 22.8 Å². The molecule has 0 saturated heterocycles. The van der Waals surface area contributed by atoms with Crippen molar-refractivity contribution < 1.29 is 0 Å². The highest BCUT2D eigenvalue weighted by molar-refractivity contribution is 7.99. The first-order valence-electron chi connectivity index (χ1n) is 6.83. The Morgan fingerprint density at radius 3 is 2.61 bits per heavy atom. The van der Waals surface area contributed by atoms with E-state index < -0.39 is 0 Å². The average molecular weight is 266 g/mol. The Labute approximate surface area is 116 Å². The molecule has 18 heavy (non-hydrogen) atoms. The van der Waals surface area contributed by atoms with Crippen LogP contribution in [-0.4, -0.2) is 37.3 Å². The van der Waals surface area contributed by atoms with Crippen LogP contribution >= 0.6 is 11.8 Å². The van der Waals surface area contributed by atoms with E-state index in [0.29, 0.717) is 6.04 Å². The second kappa shape index (κ2) is 8.57. The number of nitrogens with zero attached hydrogens (tertiary/aromatic N) is 1. The molecule has 0 amide bonds. The second-order valence-electron chi connectivity index (χ2n) is 4.46. The van der Waals surface area contributed by atoms with Gasteiger partial charge in [0.25, 0.3) is 0 Å². The maximum absolute atomic E-state index is 3.28. The lowest BCUT2D eigenvalue weighted by Crippen LogP contribution is -2.25. The Kier molecular flexibility index (Phi) is 7.40. The van der Waals surface area contributed by atoms with Gasteiger partial charge in [0.05, 0.1) is 0 Å². The van der Waals surface area contributed by atoms with Crippen molar-refractivity contribution >= 4 is 11.8 Å². The largest absolute Gasteiger partial charge is 0.313 e. The average Bonchev–Trinajstić information content (AvgIpc) is 2.43. The molecule has 1 N–H and O–H groups in total. The molecule has 0 saturated carbocycles. The van der Waals surface area contributed by atoms with Gasteiger partial charge in [-0.2, -0.15) is 0 Å². The quantitative estimate of drug-likeness (QED) is 0.726. The van der Waals surface area contributed by atoms with Crippen LogP contribution in [0.25, 0.3) is 0 Å². The summed E-state index contributed by atoms with van der Waals surface area (Å²) >= 11 is 1.95. The van der Waals surface area contributed by atoms with Crippen molar-refractivity contribution in [2.75, 3.05) is 32.4 Å². The molecule has 0 bridgehead atoms. The van der Waals surface area contributed by atoms with E-state index in [2.05, 4.69) is 55.3 Å². The van der Waals surface area contributed by atoms with Gasteiger partial charge >= 0.3 is 0 Å². The molecular weight excluding hydrogens is 240 g/mol. The number of rotatable bonds is 8. The normalized spacial score (nSPS) is 12.9. The molecule has 1 rings (SSSR count). The number of thioether (sulfide) groups is 1. The van der Waals surface area contributed by atoms with Crippen LogP contribution in [0.15, 0.2) is 29.2 Å². The zero-order valence-corrected chi connectivity index (χ0v) is 12.9. The third-order valence-electron chi connectivity index (χ3n) is 3.36. The van der Waals surface area contributed by atoms with Crippen molar-refractivity contribution in [3.8, 4) is 0 Å². The summed E-state index contributed by atoms with van der Waals surface area (Å²) in [5.41, 5.74) is 1.37. The third-order valence-corrected chi connectivity index (χ3v) is 4.34. The lowest BCUT2D eigenvalue weighted by molar-refractivity contribution is 0.324. The molecule has 1 aromatic rings. The first kappa shape index (κ1) is 15.5. The predicted molar refractivity (Wildman–Crippen MR) is 82.4 cm³/mol. The van der Waals surface area contributed by atoms with Gasteiger partial charge in [-0.15, -0.1) is 11.8 Å². The van der Waals surface area contributed by atoms with Crippen molar-refractivity contribution in [1.29, 1.82) is 0 Å². The molecular formula is C15H26N2S. The molecule has 0 aliphatic carbocycles. The van der Waals surface area contributed by atoms with E-state index >= 15 is 0 Å². The lowest BCUT2D eigenvalue weighted by atomic mass is 10.1. The molecule has 0 aromatic heterocycles. The van der Waals surface area contributed by atoms with Gasteiger partial charge < -0.3 is 10.2 Å². The molecule has 0 spiro atoms. The smallest absolute Gasteiger partial charge is 0.0289 e. The van der Waals surface area contributed by atoms with Crippen LogP contribution in [-0.2, 0) is 0 Å². The van der Waals surface area contributed by atoms with Gasteiger partial charge in [-0.1, -0.05) is 26.0 Å².